The monoisotopic (exact) mass is 402 g/mol. The smallest absolute Gasteiger partial charge is 0.264 e. The molecule has 0 fully saturated rings. The number of para-hydroxylation sites is 1. The minimum absolute atomic E-state index is 0.107. The number of hydrogen-bond acceptors (Lipinski definition) is 3. The zero-order valence-electron chi connectivity index (χ0n) is 17.3. The van der Waals surface area contributed by atoms with Gasteiger partial charge in [0.1, 0.15) is 5.75 Å². The highest BCUT2D eigenvalue weighted by Gasteiger charge is 2.18. The Bertz CT molecular complexity index is 1000. The molecular weight excluding hydrogens is 376 g/mol. The quantitative estimate of drug-likeness (QED) is 0.619. The predicted molar refractivity (Wildman–Crippen MR) is 119 cm³/mol. The zero-order valence-corrected chi connectivity index (χ0v) is 17.3. The van der Waals surface area contributed by atoms with E-state index in [1.54, 1.807) is 31.3 Å². The van der Waals surface area contributed by atoms with Gasteiger partial charge in [-0.3, -0.25) is 9.59 Å². The van der Waals surface area contributed by atoms with Gasteiger partial charge in [0.25, 0.3) is 11.8 Å². The molecule has 3 aromatic carbocycles. The maximum Gasteiger partial charge on any atom is 0.264 e. The van der Waals surface area contributed by atoms with Crippen LogP contribution in [0.25, 0.3) is 0 Å². The number of nitrogens with one attached hydrogen (secondary N) is 1. The van der Waals surface area contributed by atoms with Crippen molar-refractivity contribution in [2.24, 2.45) is 0 Å². The van der Waals surface area contributed by atoms with Crippen LogP contribution in [0.3, 0.4) is 0 Å². The molecule has 0 saturated carbocycles. The molecule has 0 aromatic heterocycles. The van der Waals surface area contributed by atoms with Gasteiger partial charge in [-0.2, -0.15) is 0 Å². The molecule has 0 bridgehead atoms. The minimum atomic E-state index is -0.235. The van der Waals surface area contributed by atoms with Crippen LogP contribution in [-0.4, -0.2) is 32.0 Å². The van der Waals surface area contributed by atoms with Gasteiger partial charge >= 0.3 is 0 Å². The summed E-state index contributed by atoms with van der Waals surface area (Å²) in [7, 11) is 1.65. The van der Waals surface area contributed by atoms with Gasteiger partial charge in [-0.25, -0.2) is 0 Å². The van der Waals surface area contributed by atoms with E-state index in [1.165, 1.54) is 4.90 Å². The molecule has 154 valence electrons. The third-order valence-corrected chi connectivity index (χ3v) is 4.78. The second kappa shape index (κ2) is 10.3. The molecule has 3 rings (SSSR count). The van der Waals surface area contributed by atoms with Crippen LogP contribution in [0.2, 0.25) is 0 Å². The maximum atomic E-state index is 12.7. The molecule has 0 unspecified atom stereocenters. The van der Waals surface area contributed by atoms with Crippen molar-refractivity contribution < 1.29 is 14.3 Å². The Hall–Kier alpha value is -3.60. The summed E-state index contributed by atoms with van der Waals surface area (Å²) in [5.74, 6) is 0.200. The Morgan fingerprint density at radius 3 is 2.43 bits per heavy atom. The van der Waals surface area contributed by atoms with Crippen molar-refractivity contribution in [2.75, 3.05) is 25.1 Å². The van der Waals surface area contributed by atoms with Crippen LogP contribution in [0.15, 0.2) is 78.9 Å². The van der Waals surface area contributed by atoms with Crippen LogP contribution < -0.4 is 15.0 Å². The number of aryl methyl sites for hydroxylation is 1. The third kappa shape index (κ3) is 5.70. The lowest BCUT2D eigenvalue weighted by molar-refractivity contribution is -0.120. The number of rotatable bonds is 8. The number of anilines is 1. The molecule has 0 heterocycles. The summed E-state index contributed by atoms with van der Waals surface area (Å²) in [4.78, 5) is 26.8. The molecule has 30 heavy (non-hydrogen) atoms. The first-order valence-electron chi connectivity index (χ1n) is 9.92. The summed E-state index contributed by atoms with van der Waals surface area (Å²) in [6, 6.07) is 24.6. The fourth-order valence-corrected chi connectivity index (χ4v) is 3.10. The molecule has 0 aliphatic carbocycles. The van der Waals surface area contributed by atoms with Crippen molar-refractivity contribution in [1.29, 1.82) is 0 Å². The summed E-state index contributed by atoms with van der Waals surface area (Å²) in [6.07, 6.45) is 0.744. The van der Waals surface area contributed by atoms with E-state index < -0.39 is 0 Å². The fourth-order valence-electron chi connectivity index (χ4n) is 3.10. The first-order valence-corrected chi connectivity index (χ1v) is 9.92. The van der Waals surface area contributed by atoms with E-state index in [9.17, 15) is 9.59 Å². The van der Waals surface area contributed by atoms with Crippen molar-refractivity contribution in [2.45, 2.75) is 13.3 Å². The van der Waals surface area contributed by atoms with E-state index in [0.717, 1.165) is 17.5 Å². The summed E-state index contributed by atoms with van der Waals surface area (Å²) in [6.45, 7) is 2.38. The van der Waals surface area contributed by atoms with Gasteiger partial charge in [0.15, 0.2) is 6.61 Å². The number of carbonyl (C=O) groups excluding carboxylic acids is 2. The van der Waals surface area contributed by atoms with E-state index >= 15 is 0 Å². The van der Waals surface area contributed by atoms with E-state index in [1.807, 2.05) is 61.5 Å². The molecule has 0 saturated heterocycles. The lowest BCUT2D eigenvalue weighted by Gasteiger charge is -2.20. The second-order valence-electron chi connectivity index (χ2n) is 7.07. The fraction of sp³-hybridized carbons (Fsp3) is 0.200. The first kappa shape index (κ1) is 21.1. The van der Waals surface area contributed by atoms with Gasteiger partial charge in [0.05, 0.1) is 11.3 Å². The molecule has 5 heteroatoms. The first-order chi connectivity index (χ1) is 14.5. The predicted octanol–water partition coefficient (Wildman–Crippen LogP) is 4.01. The van der Waals surface area contributed by atoms with Crippen molar-refractivity contribution in [3.63, 3.8) is 0 Å². The van der Waals surface area contributed by atoms with Crippen LogP contribution in [0, 0.1) is 6.92 Å². The number of hydrogen-bond donors (Lipinski definition) is 1. The summed E-state index contributed by atoms with van der Waals surface area (Å²) in [5, 5.41) is 2.94. The molecule has 0 aliphatic rings. The van der Waals surface area contributed by atoms with Crippen LogP contribution in [-0.2, 0) is 11.2 Å². The molecule has 3 aromatic rings. The molecule has 2 amide bonds. The number of carbonyl (C=O) groups is 2. The Labute approximate surface area is 177 Å². The molecule has 5 nitrogen and oxygen atoms in total. The largest absolute Gasteiger partial charge is 0.484 e. The molecule has 0 spiro atoms. The molecule has 0 aliphatic heterocycles. The van der Waals surface area contributed by atoms with E-state index in [-0.39, 0.29) is 18.4 Å². The maximum absolute atomic E-state index is 12.7. The number of nitrogens with zero attached hydrogens (tertiary/aromatic N) is 1. The average molecular weight is 402 g/mol. The zero-order chi connectivity index (χ0) is 21.3. The summed E-state index contributed by atoms with van der Waals surface area (Å²) < 4.78 is 5.61. The second-order valence-corrected chi connectivity index (χ2v) is 7.07. The Balaban J connectivity index is 1.61. The van der Waals surface area contributed by atoms with Gasteiger partial charge < -0.3 is 15.0 Å². The molecule has 0 radical (unpaired) electrons. The Kier molecular flexibility index (Phi) is 7.22. The Morgan fingerprint density at radius 1 is 0.933 bits per heavy atom. The standard InChI is InChI=1S/C25H26N2O3/c1-19-9-8-12-21(17-19)30-18-24(28)27(2)23-14-7-6-13-22(23)25(29)26-16-15-20-10-4-3-5-11-20/h3-14,17H,15-16,18H2,1-2H3,(H,26,29). The van der Waals surface area contributed by atoms with Crippen molar-refractivity contribution >= 4 is 17.5 Å². The highest BCUT2D eigenvalue weighted by atomic mass is 16.5. The highest BCUT2D eigenvalue weighted by Crippen LogP contribution is 2.20. The molecule has 1 N–H and O–H groups in total. The SMILES string of the molecule is Cc1cccc(OCC(=O)N(C)c2ccccc2C(=O)NCCc2ccccc2)c1. The number of amides is 2. The van der Waals surface area contributed by atoms with Crippen molar-refractivity contribution in [3.05, 3.63) is 95.6 Å². The van der Waals surface area contributed by atoms with E-state index in [4.69, 9.17) is 4.74 Å². The number of benzene rings is 3. The molecule has 0 atom stereocenters. The lowest BCUT2D eigenvalue weighted by atomic mass is 10.1. The van der Waals surface area contributed by atoms with Gasteiger partial charge in [0.2, 0.25) is 0 Å². The summed E-state index contributed by atoms with van der Waals surface area (Å²) >= 11 is 0. The minimum Gasteiger partial charge on any atom is -0.484 e. The number of ether oxygens (including phenoxy) is 1. The highest BCUT2D eigenvalue weighted by molar-refractivity contribution is 6.04. The lowest BCUT2D eigenvalue weighted by Crippen LogP contribution is -2.34. The van der Waals surface area contributed by atoms with Crippen LogP contribution in [0.1, 0.15) is 21.5 Å². The van der Waals surface area contributed by atoms with Crippen LogP contribution in [0.5, 0.6) is 5.75 Å². The number of likely N-dealkylation sites (N-methyl/N-ethyl adjacent to an activating group) is 1. The molecular formula is C25H26N2O3. The van der Waals surface area contributed by atoms with Crippen molar-refractivity contribution in [3.8, 4) is 5.75 Å². The normalized spacial score (nSPS) is 10.3. The van der Waals surface area contributed by atoms with Gasteiger partial charge in [0, 0.05) is 13.6 Å². The van der Waals surface area contributed by atoms with Gasteiger partial charge in [-0.1, -0.05) is 54.6 Å². The van der Waals surface area contributed by atoms with Crippen molar-refractivity contribution in [1.82, 2.24) is 5.32 Å². The van der Waals surface area contributed by atoms with Crippen LogP contribution in [0.4, 0.5) is 5.69 Å². The topological polar surface area (TPSA) is 58.6 Å². The van der Waals surface area contributed by atoms with Crippen LogP contribution >= 0.6 is 0 Å². The third-order valence-electron chi connectivity index (χ3n) is 4.78. The van der Waals surface area contributed by atoms with E-state index in [2.05, 4.69) is 5.32 Å². The van der Waals surface area contributed by atoms with E-state index in [0.29, 0.717) is 23.5 Å². The Morgan fingerprint density at radius 2 is 1.67 bits per heavy atom. The average Bonchev–Trinajstić information content (AvgIpc) is 2.77. The van der Waals surface area contributed by atoms with Gasteiger partial charge in [-0.05, 0) is 48.7 Å². The van der Waals surface area contributed by atoms with Gasteiger partial charge in [-0.15, -0.1) is 0 Å². The summed E-state index contributed by atoms with van der Waals surface area (Å²) in [5.41, 5.74) is 3.22.